The molecule has 1 amide bonds. The lowest BCUT2D eigenvalue weighted by Crippen LogP contribution is -2.12. The Bertz CT molecular complexity index is 1450. The van der Waals surface area contributed by atoms with Crippen molar-refractivity contribution in [1.29, 1.82) is 0 Å². The van der Waals surface area contributed by atoms with Crippen molar-refractivity contribution in [3.8, 4) is 38.4 Å². The van der Waals surface area contributed by atoms with E-state index in [1.165, 1.54) is 48.4 Å². The van der Waals surface area contributed by atoms with Gasteiger partial charge in [0.2, 0.25) is 11.7 Å². The van der Waals surface area contributed by atoms with Crippen LogP contribution in [-0.4, -0.2) is 37.2 Å². The number of nitrogens with zero attached hydrogens (tertiary/aromatic N) is 2. The summed E-state index contributed by atoms with van der Waals surface area (Å²) in [6.07, 6.45) is 6.62. The summed E-state index contributed by atoms with van der Waals surface area (Å²) in [5.74, 6) is 2.73. The van der Waals surface area contributed by atoms with Crippen molar-refractivity contribution in [3.05, 3.63) is 41.8 Å². The maximum atomic E-state index is 12.5. The monoisotopic (exact) mass is 579 g/mol. The van der Waals surface area contributed by atoms with Crippen molar-refractivity contribution in [2.45, 2.75) is 38.5 Å². The van der Waals surface area contributed by atoms with Crippen LogP contribution >= 0.6 is 22.7 Å². The van der Waals surface area contributed by atoms with E-state index >= 15 is 0 Å². The van der Waals surface area contributed by atoms with Crippen molar-refractivity contribution >= 4 is 50.9 Å². The molecule has 1 aliphatic rings. The summed E-state index contributed by atoms with van der Waals surface area (Å²) in [5, 5.41) is 9.70. The van der Waals surface area contributed by atoms with Crippen LogP contribution in [-0.2, 0) is 4.79 Å². The largest absolute Gasteiger partial charge is 0.493 e. The molecule has 0 bridgehead atoms. The van der Waals surface area contributed by atoms with Gasteiger partial charge in [-0.05, 0) is 24.5 Å². The molecule has 0 radical (unpaired) electrons. The van der Waals surface area contributed by atoms with Crippen LogP contribution in [0.4, 0.5) is 22.3 Å². The van der Waals surface area contributed by atoms with E-state index in [4.69, 9.17) is 24.9 Å². The highest BCUT2D eigenvalue weighted by Gasteiger charge is 2.19. The molecule has 2 aromatic heterocycles. The Morgan fingerprint density at radius 2 is 1.77 bits per heavy atom. The molecule has 2 aromatic carbocycles. The minimum Gasteiger partial charge on any atom is -0.493 e. The van der Waals surface area contributed by atoms with Crippen LogP contribution in [0.25, 0.3) is 21.1 Å². The molecule has 4 aromatic rings. The molecule has 0 aliphatic heterocycles. The van der Waals surface area contributed by atoms with E-state index in [1.807, 2.05) is 29.6 Å². The number of nitrogens with two attached hydrogens (primary N) is 1. The average molecular weight is 580 g/mol. The van der Waals surface area contributed by atoms with Gasteiger partial charge in [-0.15, -0.1) is 11.3 Å². The van der Waals surface area contributed by atoms with Gasteiger partial charge < -0.3 is 30.6 Å². The molecular formula is C29H33N5O4S2. The highest BCUT2D eigenvalue weighted by molar-refractivity contribution is 7.23. The minimum atomic E-state index is 0.0626. The highest BCUT2D eigenvalue weighted by Crippen LogP contribution is 2.43. The molecule has 210 valence electrons. The molecule has 0 spiro atoms. The van der Waals surface area contributed by atoms with Crippen LogP contribution in [0, 0.1) is 5.92 Å². The number of aromatic nitrogens is 2. The molecule has 0 saturated heterocycles. The summed E-state index contributed by atoms with van der Waals surface area (Å²) >= 11 is 2.91. The first-order valence-electron chi connectivity index (χ1n) is 13.2. The number of rotatable bonds is 11. The van der Waals surface area contributed by atoms with E-state index in [2.05, 4.69) is 15.6 Å². The lowest BCUT2D eigenvalue weighted by molar-refractivity contribution is -0.116. The Morgan fingerprint density at radius 3 is 2.48 bits per heavy atom. The van der Waals surface area contributed by atoms with Crippen LogP contribution in [0.15, 0.2) is 41.8 Å². The van der Waals surface area contributed by atoms with Gasteiger partial charge in [-0.25, -0.2) is 9.97 Å². The second-order valence-electron chi connectivity index (χ2n) is 9.63. The molecule has 1 saturated carbocycles. The Balaban J connectivity index is 1.28. The van der Waals surface area contributed by atoms with Crippen molar-refractivity contribution in [2.24, 2.45) is 5.92 Å². The van der Waals surface area contributed by atoms with E-state index in [0.29, 0.717) is 40.5 Å². The first-order valence-corrected chi connectivity index (χ1v) is 14.9. The number of carbonyl (C=O) groups excluding carboxylic acids is 1. The zero-order chi connectivity index (χ0) is 28.1. The van der Waals surface area contributed by atoms with Crippen molar-refractivity contribution in [3.63, 3.8) is 0 Å². The zero-order valence-corrected chi connectivity index (χ0v) is 24.4. The van der Waals surface area contributed by atoms with Crippen LogP contribution < -0.4 is 30.6 Å². The Labute approximate surface area is 241 Å². The Kier molecular flexibility index (Phi) is 8.71. The number of hydrogen-bond acceptors (Lipinski definition) is 10. The van der Waals surface area contributed by atoms with Gasteiger partial charge >= 0.3 is 0 Å². The zero-order valence-electron chi connectivity index (χ0n) is 22.8. The number of amides is 1. The number of nitrogen functional groups attached to an aromatic ring is 1. The number of carbonyl (C=O) groups is 1. The van der Waals surface area contributed by atoms with Gasteiger partial charge in [-0.3, -0.25) is 4.79 Å². The Hall–Kier alpha value is -3.83. The number of thiazole rings is 2. The standard InChI is InChI=1S/C29H33N5O4S2/c1-36-22-14-20(15-23(37-2)25(22)38-3)32-29-34-27(30)26(40-29)28-33-21(16-39-28)18-9-6-10-19(13-18)31-24(35)12-11-17-7-4-5-8-17/h6,9-10,13-17H,4-5,7-8,11-12,30H2,1-3H3,(H,31,35)(H,32,34). The number of nitrogens with one attached hydrogen (secondary N) is 2. The second kappa shape index (κ2) is 12.6. The quantitative estimate of drug-likeness (QED) is 0.171. The predicted octanol–water partition coefficient (Wildman–Crippen LogP) is 7.19. The first kappa shape index (κ1) is 27.7. The van der Waals surface area contributed by atoms with Gasteiger partial charge in [0.15, 0.2) is 16.6 Å². The van der Waals surface area contributed by atoms with Crippen LogP contribution in [0.2, 0.25) is 0 Å². The van der Waals surface area contributed by atoms with Gasteiger partial charge in [-0.1, -0.05) is 49.2 Å². The van der Waals surface area contributed by atoms with E-state index in [-0.39, 0.29) is 5.91 Å². The molecule has 11 heteroatoms. The molecule has 4 N–H and O–H groups in total. The maximum Gasteiger partial charge on any atom is 0.224 e. The smallest absolute Gasteiger partial charge is 0.224 e. The third kappa shape index (κ3) is 6.31. The maximum absolute atomic E-state index is 12.5. The van der Waals surface area contributed by atoms with E-state index in [1.54, 1.807) is 33.5 Å². The fourth-order valence-electron chi connectivity index (χ4n) is 4.94. The average Bonchev–Trinajstić information content (AvgIpc) is 3.73. The minimum absolute atomic E-state index is 0.0626. The third-order valence-electron chi connectivity index (χ3n) is 6.96. The van der Waals surface area contributed by atoms with Gasteiger partial charge in [-0.2, -0.15) is 0 Å². The fourth-order valence-corrected chi connectivity index (χ4v) is 6.77. The van der Waals surface area contributed by atoms with Gasteiger partial charge in [0.05, 0.1) is 27.0 Å². The molecule has 2 heterocycles. The van der Waals surface area contributed by atoms with Crippen molar-refractivity contribution in [1.82, 2.24) is 9.97 Å². The summed E-state index contributed by atoms with van der Waals surface area (Å²) in [7, 11) is 4.71. The number of anilines is 4. The molecule has 0 unspecified atom stereocenters. The molecule has 5 rings (SSSR count). The van der Waals surface area contributed by atoms with Gasteiger partial charge in [0.25, 0.3) is 0 Å². The number of ether oxygens (including phenoxy) is 3. The van der Waals surface area contributed by atoms with E-state index < -0.39 is 0 Å². The number of methoxy groups -OCH3 is 3. The SMILES string of the molecule is COc1cc(Nc2nc(N)c(-c3nc(-c4cccc(NC(=O)CCC5CCCC5)c4)cs3)s2)cc(OC)c1OC. The summed E-state index contributed by atoms with van der Waals surface area (Å²) in [6, 6.07) is 11.4. The van der Waals surface area contributed by atoms with Crippen LogP contribution in [0.5, 0.6) is 17.2 Å². The lowest BCUT2D eigenvalue weighted by atomic mass is 10.0. The predicted molar refractivity (Wildman–Crippen MR) is 162 cm³/mol. The molecule has 1 fully saturated rings. The van der Waals surface area contributed by atoms with E-state index in [9.17, 15) is 4.79 Å². The van der Waals surface area contributed by atoms with Crippen molar-refractivity contribution < 1.29 is 19.0 Å². The third-order valence-corrected chi connectivity index (χ3v) is 8.95. The highest BCUT2D eigenvalue weighted by atomic mass is 32.1. The Morgan fingerprint density at radius 1 is 1.02 bits per heavy atom. The normalized spacial score (nSPS) is 13.3. The summed E-state index contributed by atoms with van der Waals surface area (Å²) in [4.78, 5) is 22.6. The fraction of sp³-hybridized carbons (Fsp3) is 0.345. The summed E-state index contributed by atoms with van der Waals surface area (Å²) in [6.45, 7) is 0. The number of hydrogen-bond donors (Lipinski definition) is 3. The van der Waals surface area contributed by atoms with E-state index in [0.717, 1.165) is 38.9 Å². The van der Waals surface area contributed by atoms with Crippen LogP contribution in [0.1, 0.15) is 38.5 Å². The van der Waals surface area contributed by atoms with Crippen LogP contribution in [0.3, 0.4) is 0 Å². The topological polar surface area (TPSA) is 121 Å². The van der Waals surface area contributed by atoms with Gasteiger partial charge in [0, 0.05) is 40.9 Å². The second-order valence-corrected chi connectivity index (χ2v) is 11.5. The molecule has 1 aliphatic carbocycles. The first-order chi connectivity index (χ1) is 19.5. The van der Waals surface area contributed by atoms with Gasteiger partial charge in [0.1, 0.15) is 15.7 Å². The summed E-state index contributed by atoms with van der Waals surface area (Å²) < 4.78 is 16.3. The molecule has 9 nitrogen and oxygen atoms in total. The molecular weight excluding hydrogens is 546 g/mol. The summed E-state index contributed by atoms with van der Waals surface area (Å²) in [5.41, 5.74) is 9.53. The number of benzene rings is 2. The van der Waals surface area contributed by atoms with Crippen molar-refractivity contribution in [2.75, 3.05) is 37.7 Å². The molecule has 0 atom stereocenters. The molecule has 40 heavy (non-hydrogen) atoms. The lowest BCUT2D eigenvalue weighted by Gasteiger charge is -2.14.